The molecule has 19 heavy (non-hydrogen) atoms. The third-order valence-electron chi connectivity index (χ3n) is 3.71. The summed E-state index contributed by atoms with van der Waals surface area (Å²) in [4.78, 5) is 11.8. The van der Waals surface area contributed by atoms with E-state index in [1.807, 2.05) is 0 Å². The van der Waals surface area contributed by atoms with Crippen LogP contribution in [0.1, 0.15) is 49.8 Å². The highest BCUT2D eigenvalue weighted by Crippen LogP contribution is 2.17. The molecule has 1 aromatic rings. The van der Waals surface area contributed by atoms with E-state index in [0.717, 1.165) is 25.9 Å². The van der Waals surface area contributed by atoms with Gasteiger partial charge in [0.1, 0.15) is 0 Å². The summed E-state index contributed by atoms with van der Waals surface area (Å²) >= 11 is 0. The van der Waals surface area contributed by atoms with Gasteiger partial charge in [0, 0.05) is 26.1 Å². The van der Waals surface area contributed by atoms with Gasteiger partial charge >= 0.3 is 0 Å². The molecule has 0 bridgehead atoms. The van der Waals surface area contributed by atoms with E-state index in [1.165, 1.54) is 16.7 Å². The van der Waals surface area contributed by atoms with E-state index in [1.54, 1.807) is 0 Å². The van der Waals surface area contributed by atoms with E-state index in [2.05, 4.69) is 42.7 Å². The number of fused-ring (bicyclic) bond motifs is 1. The average Bonchev–Trinajstić information content (AvgIpc) is 2.83. The number of hydrogen-bond donors (Lipinski definition) is 2. The van der Waals surface area contributed by atoms with Crippen LogP contribution in [-0.2, 0) is 24.4 Å². The summed E-state index contributed by atoms with van der Waals surface area (Å²) < 4.78 is 0. The zero-order chi connectivity index (χ0) is 13.7. The Balaban J connectivity index is 1.80. The minimum absolute atomic E-state index is 0.166. The van der Waals surface area contributed by atoms with Gasteiger partial charge in [0.25, 0.3) is 0 Å². The second kappa shape index (κ2) is 6.71. The second-order valence-corrected chi connectivity index (χ2v) is 5.58. The molecule has 1 unspecified atom stereocenters. The first-order chi connectivity index (χ1) is 9.19. The van der Waals surface area contributed by atoms with Gasteiger partial charge in [-0.2, -0.15) is 0 Å². The number of amides is 1. The van der Waals surface area contributed by atoms with Gasteiger partial charge in [0.15, 0.2) is 0 Å². The number of hydrogen-bond acceptors (Lipinski definition) is 2. The van der Waals surface area contributed by atoms with Gasteiger partial charge in [-0.15, -0.1) is 0 Å². The Hall–Kier alpha value is -1.35. The molecule has 3 heteroatoms. The maximum atomic E-state index is 11.8. The molecule has 104 valence electrons. The Bertz CT molecular complexity index is 442. The van der Waals surface area contributed by atoms with Crippen molar-refractivity contribution in [2.45, 2.75) is 52.7 Å². The van der Waals surface area contributed by atoms with E-state index in [-0.39, 0.29) is 5.91 Å². The molecule has 1 atom stereocenters. The van der Waals surface area contributed by atoms with Crippen molar-refractivity contribution in [2.75, 3.05) is 0 Å². The number of carbonyl (C=O) groups is 1. The first-order valence-electron chi connectivity index (χ1n) is 7.27. The number of nitrogens with one attached hydrogen (secondary N) is 2. The molecule has 3 nitrogen and oxygen atoms in total. The summed E-state index contributed by atoms with van der Waals surface area (Å²) in [7, 11) is 0. The molecule has 1 heterocycles. The third kappa shape index (κ3) is 4.06. The molecule has 0 saturated carbocycles. The molecule has 1 aliphatic rings. The minimum Gasteiger partial charge on any atom is -0.352 e. The van der Waals surface area contributed by atoms with Crippen LogP contribution >= 0.6 is 0 Å². The average molecular weight is 260 g/mol. The molecule has 0 spiro atoms. The quantitative estimate of drug-likeness (QED) is 0.825. The molecule has 2 N–H and O–H groups in total. The van der Waals surface area contributed by atoms with Crippen LogP contribution in [0.2, 0.25) is 0 Å². The standard InChI is InChI=1S/C16H24N2O/c1-3-4-12(2)7-16(19)18-9-13-5-6-14-10-17-11-15(14)8-13/h5-6,8,12,17H,3-4,7,9-11H2,1-2H3,(H,18,19). The lowest BCUT2D eigenvalue weighted by atomic mass is 10.0. The summed E-state index contributed by atoms with van der Waals surface area (Å²) in [5.41, 5.74) is 3.94. The molecule has 0 aliphatic carbocycles. The van der Waals surface area contributed by atoms with Crippen LogP contribution in [0.4, 0.5) is 0 Å². The van der Waals surface area contributed by atoms with Crippen molar-refractivity contribution in [3.8, 4) is 0 Å². The number of benzene rings is 1. The fraction of sp³-hybridized carbons (Fsp3) is 0.562. The lowest BCUT2D eigenvalue weighted by Gasteiger charge is -2.11. The minimum atomic E-state index is 0.166. The zero-order valence-corrected chi connectivity index (χ0v) is 12.0. The summed E-state index contributed by atoms with van der Waals surface area (Å²) in [6.07, 6.45) is 2.91. The predicted molar refractivity (Wildman–Crippen MR) is 77.5 cm³/mol. The fourth-order valence-corrected chi connectivity index (χ4v) is 2.64. The van der Waals surface area contributed by atoms with Gasteiger partial charge in [-0.1, -0.05) is 44.9 Å². The molecule has 1 aromatic carbocycles. The van der Waals surface area contributed by atoms with Crippen LogP contribution in [0.5, 0.6) is 0 Å². The zero-order valence-electron chi connectivity index (χ0n) is 12.0. The van der Waals surface area contributed by atoms with Crippen molar-refractivity contribution >= 4 is 5.91 Å². The molecular weight excluding hydrogens is 236 g/mol. The highest BCUT2D eigenvalue weighted by Gasteiger charge is 2.11. The van der Waals surface area contributed by atoms with Gasteiger partial charge < -0.3 is 10.6 Å². The number of rotatable bonds is 6. The SMILES string of the molecule is CCCC(C)CC(=O)NCc1ccc2c(c1)CNC2. The Morgan fingerprint density at radius 1 is 1.37 bits per heavy atom. The lowest BCUT2D eigenvalue weighted by Crippen LogP contribution is -2.24. The van der Waals surface area contributed by atoms with Crippen molar-refractivity contribution in [1.82, 2.24) is 10.6 Å². The van der Waals surface area contributed by atoms with Gasteiger partial charge in [-0.3, -0.25) is 4.79 Å². The molecule has 0 fully saturated rings. The van der Waals surface area contributed by atoms with Crippen LogP contribution in [0.15, 0.2) is 18.2 Å². The van der Waals surface area contributed by atoms with Crippen molar-refractivity contribution in [3.05, 3.63) is 34.9 Å². The maximum absolute atomic E-state index is 11.8. The smallest absolute Gasteiger partial charge is 0.220 e. The van der Waals surface area contributed by atoms with E-state index in [0.29, 0.717) is 18.9 Å². The van der Waals surface area contributed by atoms with Crippen LogP contribution in [0, 0.1) is 5.92 Å². The van der Waals surface area contributed by atoms with Gasteiger partial charge in [0.2, 0.25) is 5.91 Å². The molecule has 0 radical (unpaired) electrons. The Kier molecular flexibility index (Phi) is 4.97. The molecule has 2 rings (SSSR count). The summed E-state index contributed by atoms with van der Waals surface area (Å²) in [5, 5.41) is 6.35. The largest absolute Gasteiger partial charge is 0.352 e. The summed E-state index contributed by atoms with van der Waals surface area (Å²) in [6.45, 7) is 6.86. The Labute approximate surface area is 115 Å². The van der Waals surface area contributed by atoms with Crippen LogP contribution < -0.4 is 10.6 Å². The highest BCUT2D eigenvalue weighted by atomic mass is 16.1. The first kappa shape index (κ1) is 14.1. The van der Waals surface area contributed by atoms with Gasteiger partial charge in [-0.25, -0.2) is 0 Å². The van der Waals surface area contributed by atoms with Crippen molar-refractivity contribution < 1.29 is 4.79 Å². The molecular formula is C16H24N2O. The van der Waals surface area contributed by atoms with E-state index >= 15 is 0 Å². The van der Waals surface area contributed by atoms with Gasteiger partial charge in [-0.05, 0) is 22.6 Å². The highest BCUT2D eigenvalue weighted by molar-refractivity contribution is 5.76. The summed E-state index contributed by atoms with van der Waals surface area (Å²) in [6, 6.07) is 6.48. The first-order valence-corrected chi connectivity index (χ1v) is 7.27. The van der Waals surface area contributed by atoms with E-state index in [4.69, 9.17) is 0 Å². The number of carbonyl (C=O) groups excluding carboxylic acids is 1. The fourth-order valence-electron chi connectivity index (χ4n) is 2.64. The molecule has 0 aromatic heterocycles. The van der Waals surface area contributed by atoms with Crippen molar-refractivity contribution in [2.24, 2.45) is 5.92 Å². The monoisotopic (exact) mass is 260 g/mol. The Morgan fingerprint density at radius 2 is 2.16 bits per heavy atom. The van der Waals surface area contributed by atoms with E-state index < -0.39 is 0 Å². The predicted octanol–water partition coefficient (Wildman–Crippen LogP) is 2.73. The Morgan fingerprint density at radius 3 is 2.95 bits per heavy atom. The maximum Gasteiger partial charge on any atom is 0.220 e. The van der Waals surface area contributed by atoms with Gasteiger partial charge in [0.05, 0.1) is 0 Å². The van der Waals surface area contributed by atoms with E-state index in [9.17, 15) is 4.79 Å². The lowest BCUT2D eigenvalue weighted by molar-refractivity contribution is -0.122. The third-order valence-corrected chi connectivity index (χ3v) is 3.71. The molecule has 0 saturated heterocycles. The van der Waals surface area contributed by atoms with Crippen LogP contribution in [0.3, 0.4) is 0 Å². The summed E-state index contributed by atoms with van der Waals surface area (Å²) in [5.74, 6) is 0.647. The topological polar surface area (TPSA) is 41.1 Å². The normalized spacial score (nSPS) is 15.1. The van der Waals surface area contributed by atoms with Crippen LogP contribution in [-0.4, -0.2) is 5.91 Å². The van der Waals surface area contributed by atoms with Crippen molar-refractivity contribution in [3.63, 3.8) is 0 Å². The second-order valence-electron chi connectivity index (χ2n) is 5.58. The van der Waals surface area contributed by atoms with Crippen LogP contribution in [0.25, 0.3) is 0 Å². The van der Waals surface area contributed by atoms with Crippen molar-refractivity contribution in [1.29, 1.82) is 0 Å². The molecule has 1 aliphatic heterocycles. The molecule has 1 amide bonds.